The number of hydroxylamine groups is 2. The Bertz CT molecular complexity index is 440. The average Bonchev–Trinajstić information content (AvgIpc) is 2.61. The maximum atomic E-state index is 11.3. The molecule has 18 heavy (non-hydrogen) atoms. The third-order valence-corrected chi connectivity index (χ3v) is 2.99. The van der Waals surface area contributed by atoms with E-state index >= 15 is 0 Å². The summed E-state index contributed by atoms with van der Waals surface area (Å²) in [6, 6.07) is 7.70. The lowest BCUT2D eigenvalue weighted by Crippen LogP contribution is -2.42. The Morgan fingerprint density at radius 1 is 1.39 bits per heavy atom. The third-order valence-electron chi connectivity index (χ3n) is 2.99. The van der Waals surface area contributed by atoms with Crippen molar-refractivity contribution < 1.29 is 9.63 Å². The van der Waals surface area contributed by atoms with Crippen molar-refractivity contribution >= 4 is 6.41 Å². The molecule has 0 fully saturated rings. The standard InChI is InChI=1S/C14H20N2O2/c1-14(2,3)18-16(9-17)13-11-7-5-4-6-10(11)8-12(13)15/h4-7,9,12-13H,8,15H2,1-3H3. The number of fused-ring (bicyclic) bond motifs is 1. The molecule has 1 amide bonds. The fourth-order valence-corrected chi connectivity index (χ4v) is 2.39. The monoisotopic (exact) mass is 248 g/mol. The zero-order chi connectivity index (χ0) is 13.3. The minimum atomic E-state index is -0.418. The van der Waals surface area contributed by atoms with Crippen LogP contribution in [-0.4, -0.2) is 23.1 Å². The smallest absolute Gasteiger partial charge is 0.234 e. The third kappa shape index (κ3) is 2.54. The molecular weight excluding hydrogens is 228 g/mol. The number of hydrogen-bond donors (Lipinski definition) is 1. The zero-order valence-electron chi connectivity index (χ0n) is 11.1. The molecule has 0 heterocycles. The van der Waals surface area contributed by atoms with Crippen molar-refractivity contribution in [1.29, 1.82) is 0 Å². The number of rotatable bonds is 3. The van der Waals surface area contributed by atoms with E-state index in [-0.39, 0.29) is 12.1 Å². The van der Waals surface area contributed by atoms with E-state index in [0.717, 1.165) is 18.4 Å². The zero-order valence-corrected chi connectivity index (χ0v) is 11.1. The lowest BCUT2D eigenvalue weighted by Gasteiger charge is -2.33. The maximum absolute atomic E-state index is 11.3. The fourth-order valence-electron chi connectivity index (χ4n) is 2.39. The van der Waals surface area contributed by atoms with E-state index < -0.39 is 5.60 Å². The minimum Gasteiger partial charge on any atom is -0.325 e. The Kier molecular flexibility index (Phi) is 3.41. The second-order valence-electron chi connectivity index (χ2n) is 5.68. The van der Waals surface area contributed by atoms with Crippen LogP contribution in [0, 0.1) is 0 Å². The largest absolute Gasteiger partial charge is 0.325 e. The van der Waals surface area contributed by atoms with Crippen LogP contribution in [0.4, 0.5) is 0 Å². The van der Waals surface area contributed by atoms with Crippen molar-refractivity contribution in [2.24, 2.45) is 5.73 Å². The van der Waals surface area contributed by atoms with Gasteiger partial charge in [0.15, 0.2) is 0 Å². The minimum absolute atomic E-state index is 0.116. The van der Waals surface area contributed by atoms with E-state index in [0.29, 0.717) is 0 Å². The summed E-state index contributed by atoms with van der Waals surface area (Å²) in [5.41, 5.74) is 8.00. The first-order chi connectivity index (χ1) is 8.42. The molecule has 2 rings (SSSR count). The summed E-state index contributed by atoms with van der Waals surface area (Å²) < 4.78 is 0. The lowest BCUT2D eigenvalue weighted by molar-refractivity contribution is -0.235. The highest BCUT2D eigenvalue weighted by Gasteiger charge is 2.36. The molecule has 1 aliphatic carbocycles. The Morgan fingerprint density at radius 2 is 2.06 bits per heavy atom. The van der Waals surface area contributed by atoms with Gasteiger partial charge in [-0.25, -0.2) is 5.06 Å². The van der Waals surface area contributed by atoms with Crippen LogP contribution in [0.5, 0.6) is 0 Å². The first-order valence-electron chi connectivity index (χ1n) is 6.18. The predicted molar refractivity (Wildman–Crippen MR) is 69.6 cm³/mol. The van der Waals surface area contributed by atoms with Crippen LogP contribution in [0.3, 0.4) is 0 Å². The van der Waals surface area contributed by atoms with Crippen molar-refractivity contribution in [2.45, 2.75) is 44.9 Å². The molecule has 0 spiro atoms. The molecule has 98 valence electrons. The Morgan fingerprint density at radius 3 is 2.67 bits per heavy atom. The number of hydrogen-bond acceptors (Lipinski definition) is 3. The summed E-state index contributed by atoms with van der Waals surface area (Å²) in [7, 11) is 0. The molecule has 4 heteroatoms. The van der Waals surface area contributed by atoms with Gasteiger partial charge in [0.1, 0.15) is 0 Å². The van der Waals surface area contributed by atoms with Gasteiger partial charge in [-0.15, -0.1) is 0 Å². The van der Waals surface area contributed by atoms with E-state index in [1.807, 2.05) is 39.0 Å². The van der Waals surface area contributed by atoms with Gasteiger partial charge >= 0.3 is 0 Å². The first kappa shape index (κ1) is 13.1. The molecule has 0 saturated carbocycles. The van der Waals surface area contributed by atoms with Crippen molar-refractivity contribution in [3.63, 3.8) is 0 Å². The highest BCUT2D eigenvalue weighted by Crippen LogP contribution is 2.35. The summed E-state index contributed by atoms with van der Waals surface area (Å²) in [5.74, 6) is 0. The van der Waals surface area contributed by atoms with Gasteiger partial charge in [0, 0.05) is 6.04 Å². The van der Waals surface area contributed by atoms with E-state index in [9.17, 15) is 4.79 Å². The van der Waals surface area contributed by atoms with Crippen LogP contribution in [0.2, 0.25) is 0 Å². The van der Waals surface area contributed by atoms with E-state index in [2.05, 4.69) is 6.07 Å². The topological polar surface area (TPSA) is 55.6 Å². The van der Waals surface area contributed by atoms with Crippen molar-refractivity contribution in [2.75, 3.05) is 0 Å². The predicted octanol–water partition coefficient (Wildman–Crippen LogP) is 1.80. The molecule has 0 aliphatic heterocycles. The molecule has 2 atom stereocenters. The molecule has 0 aromatic heterocycles. The SMILES string of the molecule is CC(C)(C)ON(C=O)C1c2ccccc2CC1N. The fraction of sp³-hybridized carbons (Fsp3) is 0.500. The molecular formula is C14H20N2O2. The molecule has 0 saturated heterocycles. The van der Waals surface area contributed by atoms with Crippen LogP contribution in [0.25, 0.3) is 0 Å². The van der Waals surface area contributed by atoms with Crippen molar-refractivity contribution in [1.82, 2.24) is 5.06 Å². The van der Waals surface area contributed by atoms with Gasteiger partial charge in [-0.1, -0.05) is 24.3 Å². The maximum Gasteiger partial charge on any atom is 0.234 e. The molecule has 1 aromatic carbocycles. The van der Waals surface area contributed by atoms with Crippen LogP contribution in [0.15, 0.2) is 24.3 Å². The van der Waals surface area contributed by atoms with Gasteiger partial charge < -0.3 is 5.73 Å². The first-order valence-corrected chi connectivity index (χ1v) is 6.18. The van der Waals surface area contributed by atoms with Gasteiger partial charge in [-0.05, 0) is 38.3 Å². The molecule has 2 unspecified atom stereocenters. The summed E-state index contributed by atoms with van der Waals surface area (Å²) in [6.45, 7) is 5.74. The Hall–Kier alpha value is -1.39. The van der Waals surface area contributed by atoms with Crippen molar-refractivity contribution in [3.05, 3.63) is 35.4 Å². The number of carbonyl (C=O) groups excluding carboxylic acids is 1. The van der Waals surface area contributed by atoms with Crippen molar-refractivity contribution in [3.8, 4) is 0 Å². The number of nitrogens with zero attached hydrogens (tertiary/aromatic N) is 1. The summed E-state index contributed by atoms with van der Waals surface area (Å²) in [6.07, 6.45) is 1.50. The highest BCUT2D eigenvalue weighted by atomic mass is 16.7. The molecule has 0 bridgehead atoms. The van der Waals surface area contributed by atoms with Gasteiger partial charge in [0.05, 0.1) is 11.6 Å². The molecule has 0 radical (unpaired) electrons. The van der Waals surface area contributed by atoms with Gasteiger partial charge in [0.2, 0.25) is 6.41 Å². The Balaban J connectivity index is 2.29. The number of nitrogens with two attached hydrogens (primary N) is 1. The highest BCUT2D eigenvalue weighted by molar-refractivity contribution is 5.50. The quantitative estimate of drug-likeness (QED) is 0.655. The summed E-state index contributed by atoms with van der Waals surface area (Å²) >= 11 is 0. The number of carbonyl (C=O) groups is 1. The van der Waals surface area contributed by atoms with Crippen LogP contribution in [-0.2, 0) is 16.1 Å². The molecule has 4 nitrogen and oxygen atoms in total. The van der Waals surface area contributed by atoms with Gasteiger partial charge in [-0.3, -0.25) is 9.63 Å². The molecule has 2 N–H and O–H groups in total. The van der Waals surface area contributed by atoms with Crippen LogP contribution in [0.1, 0.15) is 37.9 Å². The summed E-state index contributed by atoms with van der Waals surface area (Å²) in [5, 5.41) is 1.36. The van der Waals surface area contributed by atoms with Gasteiger partial charge in [0.25, 0.3) is 0 Å². The summed E-state index contributed by atoms with van der Waals surface area (Å²) in [4.78, 5) is 17.0. The number of amides is 1. The second-order valence-corrected chi connectivity index (χ2v) is 5.68. The Labute approximate surface area is 108 Å². The number of benzene rings is 1. The second kappa shape index (κ2) is 4.71. The van der Waals surface area contributed by atoms with E-state index in [1.165, 1.54) is 10.6 Å². The van der Waals surface area contributed by atoms with Crippen LogP contribution < -0.4 is 5.73 Å². The van der Waals surface area contributed by atoms with Crippen LogP contribution >= 0.6 is 0 Å². The average molecular weight is 248 g/mol. The van der Waals surface area contributed by atoms with E-state index in [4.69, 9.17) is 10.6 Å². The van der Waals surface area contributed by atoms with Gasteiger partial charge in [-0.2, -0.15) is 0 Å². The normalized spacial score (nSPS) is 22.7. The van der Waals surface area contributed by atoms with E-state index in [1.54, 1.807) is 0 Å². The molecule has 1 aromatic rings. The lowest BCUT2D eigenvalue weighted by atomic mass is 10.1. The molecule has 1 aliphatic rings.